The van der Waals surface area contributed by atoms with E-state index in [0.717, 1.165) is 25.9 Å². The molecule has 2 N–H and O–H groups in total. The monoisotopic (exact) mass is 171 g/mol. The predicted octanol–water partition coefficient (Wildman–Crippen LogP) is 1.93. The van der Waals surface area contributed by atoms with Crippen LogP contribution in [0.15, 0.2) is 0 Å². The van der Waals surface area contributed by atoms with E-state index in [4.69, 9.17) is 10.5 Å². The van der Waals surface area contributed by atoms with Crippen LogP contribution in [0.1, 0.15) is 40.0 Å². The summed E-state index contributed by atoms with van der Waals surface area (Å²) in [7, 11) is 0. The maximum Gasteiger partial charge on any atom is 0.0640 e. The van der Waals surface area contributed by atoms with Crippen LogP contribution >= 0.6 is 0 Å². The van der Waals surface area contributed by atoms with Crippen molar-refractivity contribution in [3.63, 3.8) is 0 Å². The second kappa shape index (κ2) is 3.75. The molecule has 2 heteroatoms. The fraction of sp³-hybridized carbons (Fsp3) is 1.00. The van der Waals surface area contributed by atoms with E-state index in [1.54, 1.807) is 0 Å². The fourth-order valence-electron chi connectivity index (χ4n) is 1.59. The van der Waals surface area contributed by atoms with Crippen LogP contribution in [-0.2, 0) is 4.74 Å². The molecular weight excluding hydrogens is 150 g/mol. The highest BCUT2D eigenvalue weighted by atomic mass is 16.5. The summed E-state index contributed by atoms with van der Waals surface area (Å²) >= 11 is 0. The first-order chi connectivity index (χ1) is 5.56. The highest BCUT2D eigenvalue weighted by Crippen LogP contribution is 2.32. The van der Waals surface area contributed by atoms with E-state index in [9.17, 15) is 0 Å². The molecule has 0 aliphatic carbocycles. The summed E-state index contributed by atoms with van der Waals surface area (Å²) in [6.45, 7) is 7.57. The third kappa shape index (κ3) is 2.20. The number of ether oxygens (including phenoxy) is 1. The zero-order chi connectivity index (χ0) is 9.19. The number of hydrogen-bond donors (Lipinski definition) is 1. The third-order valence-corrected chi connectivity index (χ3v) is 3.11. The molecule has 1 saturated heterocycles. The van der Waals surface area contributed by atoms with Gasteiger partial charge in [0, 0.05) is 12.6 Å². The lowest BCUT2D eigenvalue weighted by molar-refractivity contribution is -0.0617. The number of nitrogens with two attached hydrogens (primary N) is 1. The maximum absolute atomic E-state index is 5.90. The average molecular weight is 171 g/mol. The smallest absolute Gasteiger partial charge is 0.0640 e. The molecule has 2 atom stereocenters. The van der Waals surface area contributed by atoms with Crippen molar-refractivity contribution in [1.29, 1.82) is 0 Å². The minimum absolute atomic E-state index is 0.290. The molecule has 1 rings (SSSR count). The Morgan fingerprint density at radius 2 is 2.17 bits per heavy atom. The molecule has 72 valence electrons. The molecule has 2 unspecified atom stereocenters. The molecule has 0 aromatic carbocycles. The van der Waals surface area contributed by atoms with Crippen LogP contribution in [-0.4, -0.2) is 18.8 Å². The summed E-state index contributed by atoms with van der Waals surface area (Å²) in [5, 5.41) is 0. The molecular formula is C10H21NO. The van der Waals surface area contributed by atoms with Crippen LogP contribution in [0.4, 0.5) is 0 Å². The van der Waals surface area contributed by atoms with E-state index in [0.29, 0.717) is 12.1 Å². The van der Waals surface area contributed by atoms with Gasteiger partial charge >= 0.3 is 0 Å². The maximum atomic E-state index is 5.90. The highest BCUT2D eigenvalue weighted by Gasteiger charge is 2.32. The van der Waals surface area contributed by atoms with Gasteiger partial charge in [-0.15, -0.1) is 0 Å². The van der Waals surface area contributed by atoms with Crippen molar-refractivity contribution >= 4 is 0 Å². The minimum atomic E-state index is 0.290. The van der Waals surface area contributed by atoms with Crippen molar-refractivity contribution in [3.05, 3.63) is 0 Å². The molecule has 0 spiro atoms. The van der Waals surface area contributed by atoms with Crippen LogP contribution in [0.25, 0.3) is 0 Å². The van der Waals surface area contributed by atoms with Gasteiger partial charge in [-0.1, -0.05) is 20.8 Å². The third-order valence-electron chi connectivity index (χ3n) is 3.11. The molecule has 1 aliphatic rings. The van der Waals surface area contributed by atoms with Gasteiger partial charge < -0.3 is 10.5 Å². The van der Waals surface area contributed by atoms with Crippen molar-refractivity contribution < 1.29 is 4.74 Å². The van der Waals surface area contributed by atoms with Crippen molar-refractivity contribution in [1.82, 2.24) is 0 Å². The van der Waals surface area contributed by atoms with Crippen LogP contribution < -0.4 is 5.73 Å². The summed E-state index contributed by atoms with van der Waals surface area (Å²) < 4.78 is 5.72. The second-order valence-corrected chi connectivity index (χ2v) is 4.49. The molecule has 1 fully saturated rings. The van der Waals surface area contributed by atoms with Gasteiger partial charge in [-0.3, -0.25) is 0 Å². The molecule has 12 heavy (non-hydrogen) atoms. The Kier molecular flexibility index (Phi) is 3.13. The predicted molar refractivity (Wildman–Crippen MR) is 51.0 cm³/mol. The van der Waals surface area contributed by atoms with Crippen molar-refractivity contribution in [3.8, 4) is 0 Å². The standard InChI is InChI=1S/C10H21NO/c1-4-10(2,3)9-7-8(11)5-6-12-9/h8-9H,4-7,11H2,1-3H3. The minimum Gasteiger partial charge on any atom is -0.378 e. The first kappa shape index (κ1) is 10.0. The van der Waals surface area contributed by atoms with E-state index >= 15 is 0 Å². The van der Waals surface area contributed by atoms with E-state index < -0.39 is 0 Å². The van der Waals surface area contributed by atoms with Gasteiger partial charge in [-0.2, -0.15) is 0 Å². The van der Waals surface area contributed by atoms with E-state index in [-0.39, 0.29) is 5.41 Å². The van der Waals surface area contributed by atoms with E-state index in [2.05, 4.69) is 20.8 Å². The number of rotatable bonds is 2. The van der Waals surface area contributed by atoms with Crippen LogP contribution in [0, 0.1) is 5.41 Å². The van der Waals surface area contributed by atoms with Crippen LogP contribution in [0.5, 0.6) is 0 Å². The normalized spacial score (nSPS) is 32.0. The molecule has 0 radical (unpaired) electrons. The van der Waals surface area contributed by atoms with Gasteiger partial charge in [-0.25, -0.2) is 0 Å². The fourth-order valence-corrected chi connectivity index (χ4v) is 1.59. The first-order valence-corrected chi connectivity index (χ1v) is 4.93. The number of hydrogen-bond acceptors (Lipinski definition) is 2. The largest absolute Gasteiger partial charge is 0.378 e. The van der Waals surface area contributed by atoms with Crippen molar-refractivity contribution in [2.45, 2.75) is 52.2 Å². The Labute approximate surface area is 75.5 Å². The molecule has 0 amide bonds. The molecule has 0 aromatic heterocycles. The van der Waals surface area contributed by atoms with Crippen LogP contribution in [0.3, 0.4) is 0 Å². The molecule has 1 heterocycles. The van der Waals surface area contributed by atoms with Crippen molar-refractivity contribution in [2.75, 3.05) is 6.61 Å². The lowest BCUT2D eigenvalue weighted by Crippen LogP contribution is -2.42. The summed E-state index contributed by atoms with van der Waals surface area (Å²) in [5.41, 5.74) is 6.19. The summed E-state index contributed by atoms with van der Waals surface area (Å²) in [6.07, 6.45) is 3.58. The summed E-state index contributed by atoms with van der Waals surface area (Å²) in [4.78, 5) is 0. The van der Waals surface area contributed by atoms with Crippen molar-refractivity contribution in [2.24, 2.45) is 11.1 Å². The molecule has 2 nitrogen and oxygen atoms in total. The lowest BCUT2D eigenvalue weighted by Gasteiger charge is -2.38. The van der Waals surface area contributed by atoms with Crippen LogP contribution in [0.2, 0.25) is 0 Å². The Morgan fingerprint density at radius 1 is 1.50 bits per heavy atom. The average Bonchev–Trinajstić information content (AvgIpc) is 2.05. The zero-order valence-electron chi connectivity index (χ0n) is 8.47. The molecule has 1 aliphatic heterocycles. The Morgan fingerprint density at radius 3 is 2.67 bits per heavy atom. The Balaban J connectivity index is 2.50. The first-order valence-electron chi connectivity index (χ1n) is 4.93. The van der Waals surface area contributed by atoms with Gasteiger partial charge in [-0.05, 0) is 24.7 Å². The Bertz CT molecular complexity index is 145. The van der Waals surface area contributed by atoms with Gasteiger partial charge in [0.2, 0.25) is 0 Å². The van der Waals surface area contributed by atoms with Gasteiger partial charge in [0.05, 0.1) is 6.10 Å². The molecule has 0 saturated carbocycles. The molecule has 0 bridgehead atoms. The van der Waals surface area contributed by atoms with Gasteiger partial charge in [0.15, 0.2) is 0 Å². The lowest BCUT2D eigenvalue weighted by atomic mass is 9.79. The SMILES string of the molecule is CCC(C)(C)C1CC(N)CCO1. The van der Waals surface area contributed by atoms with Gasteiger partial charge in [0.1, 0.15) is 0 Å². The summed E-state index contributed by atoms with van der Waals surface area (Å²) in [6, 6.07) is 0.356. The van der Waals surface area contributed by atoms with E-state index in [1.807, 2.05) is 0 Å². The Hall–Kier alpha value is -0.0800. The second-order valence-electron chi connectivity index (χ2n) is 4.49. The van der Waals surface area contributed by atoms with E-state index in [1.165, 1.54) is 0 Å². The summed E-state index contributed by atoms with van der Waals surface area (Å²) in [5.74, 6) is 0. The highest BCUT2D eigenvalue weighted by molar-refractivity contribution is 4.84. The molecule has 0 aromatic rings. The zero-order valence-corrected chi connectivity index (χ0v) is 8.47. The van der Waals surface area contributed by atoms with Gasteiger partial charge in [0.25, 0.3) is 0 Å². The topological polar surface area (TPSA) is 35.2 Å². The quantitative estimate of drug-likeness (QED) is 0.689.